The number of hydrogen-bond acceptors (Lipinski definition) is 6. The van der Waals surface area contributed by atoms with E-state index < -0.39 is 0 Å². The van der Waals surface area contributed by atoms with E-state index in [0.29, 0.717) is 18.1 Å². The Hall–Kier alpha value is -2.18. The van der Waals surface area contributed by atoms with Crippen LogP contribution >= 0.6 is 0 Å². The van der Waals surface area contributed by atoms with Gasteiger partial charge in [0.2, 0.25) is 5.91 Å². The van der Waals surface area contributed by atoms with E-state index in [2.05, 4.69) is 25.3 Å². The summed E-state index contributed by atoms with van der Waals surface area (Å²) in [7, 11) is 0. The molecule has 3 rings (SSSR count). The molecule has 1 unspecified atom stereocenters. The summed E-state index contributed by atoms with van der Waals surface area (Å²) >= 11 is 0. The van der Waals surface area contributed by atoms with Gasteiger partial charge in [-0.2, -0.15) is 4.98 Å². The molecule has 7 nitrogen and oxygen atoms in total. The van der Waals surface area contributed by atoms with Crippen LogP contribution in [0.15, 0.2) is 4.52 Å². The molecule has 1 amide bonds. The van der Waals surface area contributed by atoms with Crippen LogP contribution in [-0.4, -0.2) is 40.2 Å². The fourth-order valence-electron chi connectivity index (χ4n) is 3.09. The average Bonchev–Trinajstić information content (AvgIpc) is 2.87. The molecule has 7 heteroatoms. The summed E-state index contributed by atoms with van der Waals surface area (Å²) < 4.78 is 5.28. The number of anilines is 1. The second kappa shape index (κ2) is 6.14. The van der Waals surface area contributed by atoms with Crippen LogP contribution in [0.3, 0.4) is 0 Å². The van der Waals surface area contributed by atoms with Gasteiger partial charge >= 0.3 is 0 Å². The second-order valence-corrected chi connectivity index (χ2v) is 6.49. The van der Waals surface area contributed by atoms with Gasteiger partial charge in [-0.25, -0.2) is 4.98 Å². The molecule has 1 saturated heterocycles. The van der Waals surface area contributed by atoms with Gasteiger partial charge in [0.15, 0.2) is 0 Å². The van der Waals surface area contributed by atoms with Crippen molar-refractivity contribution in [1.29, 1.82) is 0 Å². The Balaban J connectivity index is 1.89. The molecule has 0 radical (unpaired) electrons. The SMILES string of the molecule is Cc1nc(N2CCCC(C(=O)NC(C)C)C2)c2c(C)noc2n1. The summed E-state index contributed by atoms with van der Waals surface area (Å²) in [5.74, 6) is 1.58. The first-order valence-electron chi connectivity index (χ1n) is 8.11. The number of carbonyl (C=O) groups excluding carboxylic acids is 1. The van der Waals surface area contributed by atoms with Gasteiger partial charge in [-0.1, -0.05) is 5.16 Å². The van der Waals surface area contributed by atoms with E-state index in [1.54, 1.807) is 0 Å². The van der Waals surface area contributed by atoms with Crippen molar-refractivity contribution in [2.45, 2.75) is 46.6 Å². The molecule has 23 heavy (non-hydrogen) atoms. The molecule has 3 heterocycles. The van der Waals surface area contributed by atoms with Crippen LogP contribution in [0.25, 0.3) is 11.1 Å². The Morgan fingerprint density at radius 3 is 2.87 bits per heavy atom. The van der Waals surface area contributed by atoms with Crippen molar-refractivity contribution < 1.29 is 9.32 Å². The van der Waals surface area contributed by atoms with Gasteiger partial charge in [-0.05, 0) is 40.5 Å². The van der Waals surface area contributed by atoms with Crippen LogP contribution in [0.2, 0.25) is 0 Å². The number of aromatic nitrogens is 3. The standard InChI is InChI=1S/C16H23N5O2/c1-9(2)17-15(22)12-6-5-7-21(8-12)14-13-10(3)20-23-16(13)19-11(4)18-14/h9,12H,5-8H2,1-4H3,(H,17,22). The number of piperidine rings is 1. The first-order valence-corrected chi connectivity index (χ1v) is 8.11. The molecular weight excluding hydrogens is 294 g/mol. The van der Waals surface area contributed by atoms with Crippen LogP contribution in [0.4, 0.5) is 5.82 Å². The minimum Gasteiger partial charge on any atom is -0.355 e. The van der Waals surface area contributed by atoms with Crippen molar-refractivity contribution in [2.24, 2.45) is 5.92 Å². The van der Waals surface area contributed by atoms with E-state index in [4.69, 9.17) is 4.52 Å². The number of nitrogens with zero attached hydrogens (tertiary/aromatic N) is 4. The van der Waals surface area contributed by atoms with E-state index in [-0.39, 0.29) is 17.9 Å². The molecule has 2 aromatic rings. The Bertz CT molecular complexity index is 725. The number of carbonyl (C=O) groups is 1. The zero-order valence-electron chi connectivity index (χ0n) is 14.1. The van der Waals surface area contributed by atoms with Crippen LogP contribution < -0.4 is 10.2 Å². The summed E-state index contributed by atoms with van der Waals surface area (Å²) in [6, 6.07) is 0.159. The normalized spacial score (nSPS) is 18.7. The van der Waals surface area contributed by atoms with E-state index in [9.17, 15) is 4.79 Å². The minimum atomic E-state index is -0.0170. The smallest absolute Gasteiger partial charge is 0.263 e. The van der Waals surface area contributed by atoms with Gasteiger partial charge in [0.05, 0.1) is 11.6 Å². The fraction of sp³-hybridized carbons (Fsp3) is 0.625. The lowest BCUT2D eigenvalue weighted by Crippen LogP contribution is -2.45. The van der Waals surface area contributed by atoms with E-state index in [1.807, 2.05) is 27.7 Å². The maximum atomic E-state index is 12.3. The number of nitrogens with one attached hydrogen (secondary N) is 1. The molecule has 1 fully saturated rings. The van der Waals surface area contributed by atoms with Crippen LogP contribution in [0, 0.1) is 19.8 Å². The molecule has 0 aliphatic carbocycles. The van der Waals surface area contributed by atoms with E-state index in [0.717, 1.165) is 36.3 Å². The van der Waals surface area contributed by atoms with Gasteiger partial charge in [0, 0.05) is 19.1 Å². The van der Waals surface area contributed by atoms with Gasteiger partial charge < -0.3 is 14.7 Å². The summed E-state index contributed by atoms with van der Waals surface area (Å²) in [5, 5.41) is 7.86. The first-order chi connectivity index (χ1) is 11.0. The lowest BCUT2D eigenvalue weighted by Gasteiger charge is -2.33. The number of aryl methyl sites for hydroxylation is 2. The predicted molar refractivity (Wildman–Crippen MR) is 87.3 cm³/mol. The summed E-state index contributed by atoms with van der Waals surface area (Å²) in [5.41, 5.74) is 1.29. The number of hydrogen-bond donors (Lipinski definition) is 1. The molecule has 0 spiro atoms. The van der Waals surface area contributed by atoms with Crippen molar-refractivity contribution in [3.05, 3.63) is 11.5 Å². The van der Waals surface area contributed by atoms with Crippen molar-refractivity contribution >= 4 is 22.8 Å². The van der Waals surface area contributed by atoms with Crippen LogP contribution in [-0.2, 0) is 4.79 Å². The van der Waals surface area contributed by atoms with Crippen LogP contribution in [0.5, 0.6) is 0 Å². The van der Waals surface area contributed by atoms with E-state index in [1.165, 1.54) is 0 Å². The van der Waals surface area contributed by atoms with Crippen molar-refractivity contribution in [1.82, 2.24) is 20.4 Å². The Kier molecular flexibility index (Phi) is 4.19. The molecule has 1 N–H and O–H groups in total. The lowest BCUT2D eigenvalue weighted by atomic mass is 9.96. The highest BCUT2D eigenvalue weighted by atomic mass is 16.5. The fourth-order valence-corrected chi connectivity index (χ4v) is 3.09. The highest BCUT2D eigenvalue weighted by molar-refractivity contribution is 5.88. The van der Waals surface area contributed by atoms with Gasteiger partial charge in [0.1, 0.15) is 17.0 Å². The third-order valence-corrected chi connectivity index (χ3v) is 4.12. The molecule has 124 valence electrons. The summed E-state index contributed by atoms with van der Waals surface area (Å²) in [6.45, 7) is 9.23. The maximum Gasteiger partial charge on any atom is 0.263 e. The van der Waals surface area contributed by atoms with Crippen LogP contribution in [0.1, 0.15) is 38.2 Å². The number of fused-ring (bicyclic) bond motifs is 1. The van der Waals surface area contributed by atoms with E-state index >= 15 is 0 Å². The Labute approximate surface area is 135 Å². The predicted octanol–water partition coefficient (Wildman–Crippen LogP) is 1.98. The Morgan fingerprint density at radius 1 is 1.35 bits per heavy atom. The molecule has 1 aliphatic rings. The number of rotatable bonds is 3. The summed E-state index contributed by atoms with van der Waals surface area (Å²) in [6.07, 6.45) is 1.87. The van der Waals surface area contributed by atoms with Gasteiger partial charge in [-0.15, -0.1) is 0 Å². The van der Waals surface area contributed by atoms with Gasteiger partial charge in [0.25, 0.3) is 5.71 Å². The lowest BCUT2D eigenvalue weighted by molar-refractivity contribution is -0.125. The largest absolute Gasteiger partial charge is 0.355 e. The topological polar surface area (TPSA) is 84.2 Å². The molecule has 2 aromatic heterocycles. The Morgan fingerprint density at radius 2 is 2.13 bits per heavy atom. The highest BCUT2D eigenvalue weighted by Gasteiger charge is 2.29. The quantitative estimate of drug-likeness (QED) is 0.932. The molecule has 1 aliphatic heterocycles. The summed E-state index contributed by atoms with van der Waals surface area (Å²) in [4.78, 5) is 23.4. The number of amides is 1. The molecule has 1 atom stereocenters. The third kappa shape index (κ3) is 3.13. The zero-order chi connectivity index (χ0) is 16.6. The monoisotopic (exact) mass is 317 g/mol. The molecule has 0 bridgehead atoms. The average molecular weight is 317 g/mol. The molecular formula is C16H23N5O2. The highest BCUT2D eigenvalue weighted by Crippen LogP contribution is 2.30. The minimum absolute atomic E-state index is 0.0170. The molecule has 0 saturated carbocycles. The zero-order valence-corrected chi connectivity index (χ0v) is 14.1. The van der Waals surface area contributed by atoms with Crippen molar-refractivity contribution in [3.63, 3.8) is 0 Å². The second-order valence-electron chi connectivity index (χ2n) is 6.49. The first kappa shape index (κ1) is 15.7. The third-order valence-electron chi connectivity index (χ3n) is 4.12. The van der Waals surface area contributed by atoms with Crippen molar-refractivity contribution in [3.8, 4) is 0 Å². The molecule has 0 aromatic carbocycles. The maximum absolute atomic E-state index is 12.3. The van der Waals surface area contributed by atoms with Crippen molar-refractivity contribution in [2.75, 3.05) is 18.0 Å². The van der Waals surface area contributed by atoms with Gasteiger partial charge in [-0.3, -0.25) is 4.79 Å².